The Hall–Kier alpha value is -1.69. The van der Waals surface area contributed by atoms with E-state index in [4.69, 9.17) is 5.11 Å². The molecule has 0 aromatic heterocycles. The highest BCUT2D eigenvalue weighted by atomic mass is 32.2. The minimum Gasteiger partial charge on any atom is -0.478 e. The highest BCUT2D eigenvalue weighted by molar-refractivity contribution is 7.98. The largest absolute Gasteiger partial charge is 0.478 e. The fourth-order valence-corrected chi connectivity index (χ4v) is 2.60. The number of carboxylic acids is 1. The number of hydrogen-bond donors (Lipinski definition) is 3. The maximum absolute atomic E-state index is 11.7. The quantitative estimate of drug-likeness (QED) is 0.689. The van der Waals surface area contributed by atoms with Crippen molar-refractivity contribution in [2.75, 3.05) is 18.6 Å². The zero-order chi connectivity index (χ0) is 15.7. The van der Waals surface area contributed by atoms with Crippen LogP contribution in [0.2, 0.25) is 0 Å². The first-order valence-electron chi connectivity index (χ1n) is 6.92. The van der Waals surface area contributed by atoms with Crippen LogP contribution in [0.25, 0.3) is 0 Å². The normalized spacial score (nSPS) is 11.7. The third-order valence-electron chi connectivity index (χ3n) is 3.07. The molecule has 0 saturated heterocycles. The van der Waals surface area contributed by atoms with Crippen LogP contribution in [0.15, 0.2) is 24.3 Å². The fourth-order valence-electron chi connectivity index (χ4n) is 1.88. The van der Waals surface area contributed by atoms with Crippen molar-refractivity contribution in [1.29, 1.82) is 0 Å². The van der Waals surface area contributed by atoms with E-state index in [0.29, 0.717) is 13.0 Å². The lowest BCUT2D eigenvalue weighted by Crippen LogP contribution is -2.43. The Bertz CT molecular complexity index is 480. The first kappa shape index (κ1) is 17.4. The molecule has 0 heterocycles. The van der Waals surface area contributed by atoms with Gasteiger partial charge in [0.1, 0.15) is 0 Å². The average Bonchev–Trinajstić information content (AvgIpc) is 2.47. The van der Waals surface area contributed by atoms with Crippen molar-refractivity contribution >= 4 is 23.8 Å². The second-order valence-corrected chi connectivity index (χ2v) is 5.63. The molecular formula is C15H22N2O3S. The smallest absolute Gasteiger partial charge is 0.335 e. The number of nitrogens with one attached hydrogen (secondary N) is 2. The molecule has 0 bridgehead atoms. The molecule has 1 aromatic rings. The molecule has 116 valence electrons. The predicted molar refractivity (Wildman–Crippen MR) is 86.1 cm³/mol. The number of carbonyl (C=O) groups excluding carboxylic acids is 1. The summed E-state index contributed by atoms with van der Waals surface area (Å²) < 4.78 is 0. The van der Waals surface area contributed by atoms with Gasteiger partial charge in [-0.3, -0.25) is 0 Å². The average molecular weight is 310 g/mol. The van der Waals surface area contributed by atoms with Crippen LogP contribution in [0, 0.1) is 0 Å². The molecule has 1 atom stereocenters. The van der Waals surface area contributed by atoms with E-state index in [2.05, 4.69) is 10.6 Å². The van der Waals surface area contributed by atoms with E-state index < -0.39 is 5.97 Å². The molecule has 1 aromatic carbocycles. The zero-order valence-electron chi connectivity index (χ0n) is 12.4. The fraction of sp³-hybridized carbons (Fsp3) is 0.467. The zero-order valence-corrected chi connectivity index (χ0v) is 13.2. The molecule has 6 heteroatoms. The van der Waals surface area contributed by atoms with E-state index in [1.165, 1.54) is 0 Å². The molecule has 1 rings (SSSR count). The predicted octanol–water partition coefficient (Wildman–Crippen LogP) is 2.37. The van der Waals surface area contributed by atoms with Crippen molar-refractivity contribution in [2.24, 2.45) is 0 Å². The first-order valence-corrected chi connectivity index (χ1v) is 8.31. The van der Waals surface area contributed by atoms with E-state index >= 15 is 0 Å². The molecule has 5 nitrogen and oxygen atoms in total. The summed E-state index contributed by atoms with van der Waals surface area (Å²) in [5.74, 6) is -0.0460. The van der Waals surface area contributed by atoms with E-state index in [9.17, 15) is 9.59 Å². The van der Waals surface area contributed by atoms with Gasteiger partial charge in [-0.1, -0.05) is 19.1 Å². The maximum Gasteiger partial charge on any atom is 0.335 e. The summed E-state index contributed by atoms with van der Waals surface area (Å²) in [6, 6.07) is 6.75. The Balaban J connectivity index is 2.37. The summed E-state index contributed by atoms with van der Waals surface area (Å²) in [5, 5.41) is 14.6. The van der Waals surface area contributed by atoms with Crippen molar-refractivity contribution in [2.45, 2.75) is 25.8 Å². The van der Waals surface area contributed by atoms with Crippen LogP contribution in [0.4, 0.5) is 4.79 Å². The number of amides is 2. The third kappa shape index (κ3) is 6.53. The number of urea groups is 1. The van der Waals surface area contributed by atoms with Gasteiger partial charge in [-0.15, -0.1) is 0 Å². The maximum atomic E-state index is 11.7. The standard InChI is InChI=1S/C15H22N2O3S/c1-3-13(10-21-2)17-15(20)16-8-7-11-5-4-6-12(9-11)14(18)19/h4-6,9,13H,3,7-8,10H2,1-2H3,(H,18,19)(H2,16,17,20). The number of carboxylic acid groups (broad SMARTS) is 1. The monoisotopic (exact) mass is 310 g/mol. The van der Waals surface area contributed by atoms with Crippen LogP contribution in [0.1, 0.15) is 29.3 Å². The summed E-state index contributed by atoms with van der Waals surface area (Å²) in [7, 11) is 0. The third-order valence-corrected chi connectivity index (χ3v) is 3.80. The molecular weight excluding hydrogens is 288 g/mol. The molecule has 0 aliphatic rings. The Morgan fingerprint density at radius 1 is 1.38 bits per heavy atom. The van der Waals surface area contributed by atoms with Gasteiger partial charge in [-0.25, -0.2) is 9.59 Å². The first-order chi connectivity index (χ1) is 10.1. The highest BCUT2D eigenvalue weighted by Crippen LogP contribution is 2.05. The Morgan fingerprint density at radius 2 is 2.14 bits per heavy atom. The SMILES string of the molecule is CCC(CSC)NC(=O)NCCc1cccc(C(=O)O)c1. The van der Waals surface area contributed by atoms with Crippen molar-refractivity contribution in [1.82, 2.24) is 10.6 Å². The van der Waals surface area contributed by atoms with Crippen LogP contribution < -0.4 is 10.6 Å². The van der Waals surface area contributed by atoms with Crippen molar-refractivity contribution in [3.05, 3.63) is 35.4 Å². The van der Waals surface area contributed by atoms with Gasteiger partial charge in [0.25, 0.3) is 0 Å². The summed E-state index contributed by atoms with van der Waals surface area (Å²) in [6.07, 6.45) is 3.51. The summed E-state index contributed by atoms with van der Waals surface area (Å²) in [6.45, 7) is 2.52. The summed E-state index contributed by atoms with van der Waals surface area (Å²) in [5.41, 5.74) is 1.16. The van der Waals surface area contributed by atoms with Crippen molar-refractivity contribution < 1.29 is 14.7 Å². The van der Waals surface area contributed by atoms with E-state index in [1.807, 2.05) is 19.2 Å². The Labute approximate surface area is 129 Å². The molecule has 0 fully saturated rings. The molecule has 0 spiro atoms. The molecule has 0 saturated carbocycles. The lowest BCUT2D eigenvalue weighted by atomic mass is 10.1. The Kier molecular flexibility index (Phi) is 7.68. The Morgan fingerprint density at radius 3 is 2.76 bits per heavy atom. The van der Waals surface area contributed by atoms with Gasteiger partial charge in [0, 0.05) is 18.3 Å². The van der Waals surface area contributed by atoms with Gasteiger partial charge in [0.05, 0.1) is 5.56 Å². The van der Waals surface area contributed by atoms with Gasteiger partial charge in [-0.05, 0) is 36.8 Å². The number of aromatic carboxylic acids is 1. The number of benzene rings is 1. The van der Waals surface area contributed by atoms with Crippen LogP contribution in [-0.4, -0.2) is 41.7 Å². The number of carbonyl (C=O) groups is 2. The molecule has 0 radical (unpaired) electrons. The molecule has 21 heavy (non-hydrogen) atoms. The van der Waals surface area contributed by atoms with Crippen molar-refractivity contribution in [3.63, 3.8) is 0 Å². The molecule has 0 aliphatic carbocycles. The molecule has 0 aliphatic heterocycles. The van der Waals surface area contributed by atoms with Crippen LogP contribution in [-0.2, 0) is 6.42 Å². The summed E-state index contributed by atoms with van der Waals surface area (Å²) in [4.78, 5) is 22.6. The van der Waals surface area contributed by atoms with E-state index in [1.54, 1.807) is 30.0 Å². The summed E-state index contributed by atoms with van der Waals surface area (Å²) >= 11 is 1.70. The topological polar surface area (TPSA) is 78.4 Å². The lowest BCUT2D eigenvalue weighted by molar-refractivity contribution is 0.0696. The number of rotatable bonds is 8. The van der Waals surface area contributed by atoms with Gasteiger partial charge in [0.15, 0.2) is 0 Å². The van der Waals surface area contributed by atoms with Crippen LogP contribution >= 0.6 is 11.8 Å². The number of hydrogen-bond acceptors (Lipinski definition) is 3. The van der Waals surface area contributed by atoms with Gasteiger partial charge in [0.2, 0.25) is 0 Å². The van der Waals surface area contributed by atoms with Gasteiger partial charge >= 0.3 is 12.0 Å². The molecule has 3 N–H and O–H groups in total. The van der Waals surface area contributed by atoms with Crippen LogP contribution in [0.3, 0.4) is 0 Å². The van der Waals surface area contributed by atoms with Gasteiger partial charge in [-0.2, -0.15) is 11.8 Å². The molecule has 1 unspecified atom stereocenters. The highest BCUT2D eigenvalue weighted by Gasteiger charge is 2.09. The van der Waals surface area contributed by atoms with E-state index in [0.717, 1.165) is 17.7 Å². The lowest BCUT2D eigenvalue weighted by Gasteiger charge is -2.16. The molecule has 2 amide bonds. The number of thioether (sulfide) groups is 1. The van der Waals surface area contributed by atoms with E-state index in [-0.39, 0.29) is 17.6 Å². The minimum atomic E-state index is -0.939. The van der Waals surface area contributed by atoms with Crippen LogP contribution in [0.5, 0.6) is 0 Å². The van der Waals surface area contributed by atoms with Crippen molar-refractivity contribution in [3.8, 4) is 0 Å². The minimum absolute atomic E-state index is 0.176. The second kappa shape index (κ2) is 9.28. The second-order valence-electron chi connectivity index (χ2n) is 4.72. The van der Waals surface area contributed by atoms with Gasteiger partial charge < -0.3 is 15.7 Å².